The average Bonchev–Trinajstić information content (AvgIpc) is 2.85. The third-order valence-electron chi connectivity index (χ3n) is 2.60. The molecule has 24 heavy (non-hydrogen) atoms. The van der Waals surface area contributed by atoms with E-state index < -0.39 is 33.5 Å². The van der Waals surface area contributed by atoms with Crippen molar-refractivity contribution >= 4 is 26.2 Å². The lowest BCUT2D eigenvalue weighted by Gasteiger charge is -2.07. The topological polar surface area (TPSA) is 55.2 Å². The van der Waals surface area contributed by atoms with Crippen LogP contribution in [0.3, 0.4) is 0 Å². The first-order valence-corrected chi connectivity index (χ1v) is 9.09. The van der Waals surface area contributed by atoms with Crippen molar-refractivity contribution in [3.63, 3.8) is 0 Å². The molecule has 0 aliphatic rings. The quantitative estimate of drug-likeness (QED) is 0.726. The van der Waals surface area contributed by atoms with Gasteiger partial charge < -0.3 is 0 Å². The Morgan fingerprint density at radius 3 is 2.21 bits per heavy atom. The van der Waals surface area contributed by atoms with Gasteiger partial charge in [-0.15, -0.1) is 11.3 Å². The highest BCUT2D eigenvalue weighted by atomic mass is 32.2. The molecule has 1 unspecified atom stereocenters. The van der Waals surface area contributed by atoms with E-state index in [1.165, 1.54) is 6.26 Å². The van der Waals surface area contributed by atoms with Crippen LogP contribution in [0.1, 0.15) is 17.0 Å². The van der Waals surface area contributed by atoms with Gasteiger partial charge in [-0.05, 0) is 11.6 Å². The summed E-state index contributed by atoms with van der Waals surface area (Å²) in [6.07, 6.45) is -7.13. The van der Waals surface area contributed by atoms with E-state index in [0.29, 0.717) is 11.3 Å². The lowest BCUT2D eigenvalue weighted by Crippen LogP contribution is -2.08. The summed E-state index contributed by atoms with van der Waals surface area (Å²) in [6, 6.07) is 1.83. The maximum absolute atomic E-state index is 12.4. The summed E-state index contributed by atoms with van der Waals surface area (Å²) in [5.41, 5.74) is -2.02. The molecule has 0 aromatic carbocycles. The second kappa shape index (κ2) is 6.31. The molecular formula is C12H9F6N3OS2. The van der Waals surface area contributed by atoms with E-state index >= 15 is 0 Å². The van der Waals surface area contributed by atoms with Crippen LogP contribution in [-0.4, -0.2) is 20.4 Å². The Kier molecular flexibility index (Phi) is 4.91. The van der Waals surface area contributed by atoms with Gasteiger partial charge in [0.1, 0.15) is 5.69 Å². The number of hydrogen-bond donors (Lipinski definition) is 0. The van der Waals surface area contributed by atoms with Crippen molar-refractivity contribution < 1.29 is 30.6 Å². The Bertz CT molecular complexity index is 832. The predicted molar refractivity (Wildman–Crippen MR) is 76.2 cm³/mol. The minimum Gasteiger partial charge on any atom is -0.251 e. The van der Waals surface area contributed by atoms with Crippen LogP contribution in [-0.2, 0) is 27.8 Å². The Hall–Kier alpha value is -1.69. The molecule has 0 spiro atoms. The monoisotopic (exact) mass is 389 g/mol. The molecule has 2 aromatic rings. The molecule has 0 radical (unpaired) electrons. The molecule has 0 saturated carbocycles. The molecule has 12 heteroatoms. The molecular weight excluding hydrogens is 380 g/mol. The van der Waals surface area contributed by atoms with Crippen LogP contribution in [0.25, 0.3) is 0 Å². The average molecular weight is 389 g/mol. The first-order valence-electron chi connectivity index (χ1n) is 6.11. The van der Waals surface area contributed by atoms with Crippen molar-refractivity contribution in [3.05, 3.63) is 40.7 Å². The van der Waals surface area contributed by atoms with Crippen LogP contribution in [0.15, 0.2) is 28.1 Å². The molecule has 2 aromatic heterocycles. The van der Waals surface area contributed by atoms with E-state index in [0.717, 1.165) is 23.7 Å². The van der Waals surface area contributed by atoms with Crippen LogP contribution < -0.4 is 0 Å². The molecule has 4 nitrogen and oxygen atoms in total. The van der Waals surface area contributed by atoms with E-state index in [-0.39, 0.29) is 16.4 Å². The summed E-state index contributed by atoms with van der Waals surface area (Å²) in [7, 11) is -3.03. The van der Waals surface area contributed by atoms with Crippen molar-refractivity contribution in [2.75, 3.05) is 6.26 Å². The van der Waals surface area contributed by atoms with Gasteiger partial charge in [-0.1, -0.05) is 6.07 Å². The minimum absolute atomic E-state index is 0.215. The first kappa shape index (κ1) is 18.6. The molecule has 2 heterocycles. The van der Waals surface area contributed by atoms with Crippen LogP contribution in [0, 0.1) is 0 Å². The summed E-state index contributed by atoms with van der Waals surface area (Å²) in [5.74, 6) is -0.265. The Balaban J connectivity index is 2.21. The van der Waals surface area contributed by atoms with E-state index in [9.17, 15) is 30.6 Å². The first-order chi connectivity index (χ1) is 10.9. The van der Waals surface area contributed by atoms with Crippen LogP contribution >= 0.6 is 11.3 Å². The number of pyridine rings is 1. The molecule has 0 saturated heterocycles. The third kappa shape index (κ3) is 4.90. The van der Waals surface area contributed by atoms with Crippen molar-refractivity contribution in [1.29, 1.82) is 0 Å². The number of thiazole rings is 1. The zero-order chi connectivity index (χ0) is 18.2. The molecule has 0 aliphatic heterocycles. The fraction of sp³-hybridized carbons (Fsp3) is 0.333. The maximum Gasteiger partial charge on any atom is 0.434 e. The molecule has 2 rings (SSSR count). The molecule has 0 amide bonds. The van der Waals surface area contributed by atoms with E-state index in [2.05, 4.69) is 14.3 Å². The Morgan fingerprint density at radius 1 is 1.12 bits per heavy atom. The summed E-state index contributed by atoms with van der Waals surface area (Å²) in [5, 5.41) is 0.434. The molecule has 0 N–H and O–H groups in total. The highest BCUT2D eigenvalue weighted by molar-refractivity contribution is 7.92. The van der Waals surface area contributed by atoms with Gasteiger partial charge in [-0.2, -0.15) is 30.7 Å². The molecule has 132 valence electrons. The Labute approximate surface area is 136 Å². The second-order valence-electron chi connectivity index (χ2n) is 4.76. The normalized spacial score (nSPS) is 15.1. The largest absolute Gasteiger partial charge is 0.434 e. The smallest absolute Gasteiger partial charge is 0.251 e. The summed E-state index contributed by atoms with van der Waals surface area (Å²) in [6.45, 7) is 0. The van der Waals surface area contributed by atoms with Crippen LogP contribution in [0.5, 0.6) is 0 Å². The lowest BCUT2D eigenvalue weighted by atomic mass is 10.3. The standard InChI is InChI=1S/C12H9F6N3OS2/c1-24(22,21-10-20-9(5-23-10)12(16,17)18)6-7-2-3-8(19-4-7)11(13,14)15/h2-5H,6H2,1H3. The Morgan fingerprint density at radius 2 is 1.75 bits per heavy atom. The number of alkyl halides is 6. The third-order valence-corrected chi connectivity index (χ3v) is 4.88. The van der Waals surface area contributed by atoms with Crippen LogP contribution in [0.2, 0.25) is 0 Å². The number of hydrogen-bond acceptors (Lipinski definition) is 5. The summed E-state index contributed by atoms with van der Waals surface area (Å²) in [4.78, 5) is 6.46. The van der Waals surface area contributed by atoms with Crippen molar-refractivity contribution in [3.8, 4) is 0 Å². The van der Waals surface area contributed by atoms with Crippen molar-refractivity contribution in [1.82, 2.24) is 9.97 Å². The molecule has 1 atom stereocenters. The van der Waals surface area contributed by atoms with Crippen molar-refractivity contribution in [2.45, 2.75) is 18.1 Å². The molecule has 0 bridgehead atoms. The van der Waals surface area contributed by atoms with Gasteiger partial charge >= 0.3 is 12.4 Å². The SMILES string of the molecule is CS(=O)(Cc1ccc(C(F)(F)F)nc1)=Nc1nc(C(F)(F)F)cs1. The van der Waals surface area contributed by atoms with Crippen LogP contribution in [0.4, 0.5) is 31.5 Å². The van der Waals surface area contributed by atoms with Gasteiger partial charge in [0, 0.05) is 17.8 Å². The van der Waals surface area contributed by atoms with Gasteiger partial charge in [0.05, 0.1) is 15.5 Å². The van der Waals surface area contributed by atoms with Gasteiger partial charge in [0.15, 0.2) is 5.69 Å². The van der Waals surface area contributed by atoms with Gasteiger partial charge in [0.2, 0.25) is 5.13 Å². The number of rotatable bonds is 3. The van der Waals surface area contributed by atoms with E-state index in [1.807, 2.05) is 0 Å². The zero-order valence-corrected chi connectivity index (χ0v) is 13.5. The number of halogens is 6. The fourth-order valence-corrected chi connectivity index (χ4v) is 4.05. The van der Waals surface area contributed by atoms with E-state index in [1.54, 1.807) is 0 Å². The maximum atomic E-state index is 12.4. The number of nitrogens with zero attached hydrogens (tertiary/aromatic N) is 3. The van der Waals surface area contributed by atoms with Gasteiger partial charge in [-0.25, -0.2) is 9.19 Å². The summed E-state index contributed by atoms with van der Waals surface area (Å²) >= 11 is 0.578. The lowest BCUT2D eigenvalue weighted by molar-refractivity contribution is -0.141. The minimum atomic E-state index is -4.63. The molecule has 0 aliphatic carbocycles. The van der Waals surface area contributed by atoms with Crippen molar-refractivity contribution in [2.24, 2.45) is 4.36 Å². The van der Waals surface area contributed by atoms with E-state index in [4.69, 9.17) is 0 Å². The number of aromatic nitrogens is 2. The second-order valence-corrected chi connectivity index (χ2v) is 7.98. The van der Waals surface area contributed by atoms with Gasteiger partial charge in [0.25, 0.3) is 0 Å². The molecule has 0 fully saturated rings. The fourth-order valence-electron chi connectivity index (χ4n) is 1.62. The zero-order valence-electron chi connectivity index (χ0n) is 11.9. The van der Waals surface area contributed by atoms with Gasteiger partial charge in [-0.3, -0.25) is 4.98 Å². The summed E-state index contributed by atoms with van der Waals surface area (Å²) < 4.78 is 90.6. The highest BCUT2D eigenvalue weighted by Gasteiger charge is 2.34. The predicted octanol–water partition coefficient (Wildman–Crippen LogP) is 4.51. The highest BCUT2D eigenvalue weighted by Crippen LogP contribution is 2.33.